The van der Waals surface area contributed by atoms with Gasteiger partial charge in [0.1, 0.15) is 0 Å². The number of hydrogen-bond acceptors (Lipinski definition) is 4. The van der Waals surface area contributed by atoms with Gasteiger partial charge in [0.15, 0.2) is 10.3 Å². The molecule has 1 aliphatic rings. The minimum atomic E-state index is 0.174. The molecule has 15 heavy (non-hydrogen) atoms. The van der Waals surface area contributed by atoms with E-state index in [1.54, 1.807) is 6.07 Å². The van der Waals surface area contributed by atoms with Crippen LogP contribution in [-0.4, -0.2) is 29.0 Å². The molecule has 0 aromatic carbocycles. The van der Waals surface area contributed by atoms with Crippen LogP contribution in [0.2, 0.25) is 10.3 Å². The van der Waals surface area contributed by atoms with Crippen LogP contribution in [0.4, 0.5) is 5.69 Å². The summed E-state index contributed by atoms with van der Waals surface area (Å²) in [4.78, 5) is 0. The summed E-state index contributed by atoms with van der Waals surface area (Å²) in [5.41, 5.74) is 0.707. The number of rotatable bonds is 2. The van der Waals surface area contributed by atoms with Crippen LogP contribution >= 0.6 is 23.2 Å². The second-order valence-electron chi connectivity index (χ2n) is 3.49. The molecule has 0 bridgehead atoms. The van der Waals surface area contributed by atoms with Crippen molar-refractivity contribution in [1.29, 1.82) is 0 Å². The molecule has 0 spiro atoms. The maximum atomic E-state index is 5.89. The van der Waals surface area contributed by atoms with Gasteiger partial charge in [-0.05, 0) is 13.3 Å². The zero-order valence-corrected chi connectivity index (χ0v) is 9.72. The van der Waals surface area contributed by atoms with Crippen molar-refractivity contribution in [3.8, 4) is 0 Å². The van der Waals surface area contributed by atoms with E-state index in [0.29, 0.717) is 16.0 Å². The van der Waals surface area contributed by atoms with Gasteiger partial charge in [-0.25, -0.2) is 0 Å². The van der Waals surface area contributed by atoms with Gasteiger partial charge >= 0.3 is 0 Å². The van der Waals surface area contributed by atoms with E-state index in [0.717, 1.165) is 13.0 Å². The molecule has 2 heterocycles. The molecule has 6 heteroatoms. The molecule has 1 saturated heterocycles. The molecular formula is C9H11Cl2N3O. The summed E-state index contributed by atoms with van der Waals surface area (Å²) in [6, 6.07) is 1.92. The van der Waals surface area contributed by atoms with E-state index >= 15 is 0 Å². The van der Waals surface area contributed by atoms with Crippen molar-refractivity contribution >= 4 is 28.9 Å². The minimum Gasteiger partial charge on any atom is -0.377 e. The Kier molecular flexibility index (Phi) is 3.29. The molecule has 2 unspecified atom stereocenters. The number of anilines is 1. The van der Waals surface area contributed by atoms with E-state index in [-0.39, 0.29) is 12.1 Å². The van der Waals surface area contributed by atoms with Gasteiger partial charge in [-0.2, -0.15) is 0 Å². The molecule has 82 valence electrons. The average Bonchev–Trinajstić information content (AvgIpc) is 2.58. The van der Waals surface area contributed by atoms with Crippen molar-refractivity contribution in [3.05, 3.63) is 16.4 Å². The maximum absolute atomic E-state index is 5.89. The quantitative estimate of drug-likeness (QED) is 0.872. The third kappa shape index (κ3) is 2.51. The van der Waals surface area contributed by atoms with Crippen LogP contribution in [0.5, 0.6) is 0 Å². The first-order valence-electron chi connectivity index (χ1n) is 4.73. The molecule has 2 rings (SSSR count). The summed E-state index contributed by atoms with van der Waals surface area (Å²) < 4.78 is 5.43. The molecule has 1 aromatic rings. The molecule has 0 saturated carbocycles. The van der Waals surface area contributed by atoms with Crippen molar-refractivity contribution in [1.82, 2.24) is 10.2 Å². The highest BCUT2D eigenvalue weighted by molar-refractivity contribution is 6.33. The van der Waals surface area contributed by atoms with Crippen molar-refractivity contribution in [3.63, 3.8) is 0 Å². The van der Waals surface area contributed by atoms with E-state index < -0.39 is 0 Å². The van der Waals surface area contributed by atoms with Gasteiger partial charge in [-0.15, -0.1) is 10.2 Å². The normalized spacial score (nSPS) is 25.5. The monoisotopic (exact) mass is 247 g/mol. The molecule has 0 radical (unpaired) electrons. The Hall–Kier alpha value is -0.580. The van der Waals surface area contributed by atoms with E-state index in [2.05, 4.69) is 15.5 Å². The molecule has 1 aromatic heterocycles. The zero-order valence-electron chi connectivity index (χ0n) is 8.20. The predicted molar refractivity (Wildman–Crippen MR) is 59.5 cm³/mol. The summed E-state index contributed by atoms with van der Waals surface area (Å²) in [5.74, 6) is 0. The lowest BCUT2D eigenvalue weighted by molar-refractivity contribution is 0.121. The van der Waals surface area contributed by atoms with E-state index in [1.165, 1.54) is 0 Å². The first-order valence-corrected chi connectivity index (χ1v) is 5.49. The Morgan fingerprint density at radius 2 is 2.27 bits per heavy atom. The topological polar surface area (TPSA) is 47.0 Å². The number of nitrogens with zero attached hydrogens (tertiary/aromatic N) is 2. The third-order valence-electron chi connectivity index (χ3n) is 2.44. The lowest BCUT2D eigenvalue weighted by Gasteiger charge is -2.17. The molecule has 2 atom stereocenters. The fraction of sp³-hybridized carbons (Fsp3) is 0.556. The Labute approximate surface area is 97.9 Å². The Morgan fingerprint density at radius 1 is 1.47 bits per heavy atom. The van der Waals surface area contributed by atoms with Gasteiger partial charge in [0.2, 0.25) is 0 Å². The standard InChI is InChI=1S/C9H11Cl2N3O/c1-5-6(2-3-15-5)12-7-4-8(10)13-14-9(7)11/h4-6H,2-3H2,1H3,(H,12,13). The largest absolute Gasteiger partial charge is 0.377 e. The van der Waals surface area contributed by atoms with Crippen molar-refractivity contribution < 1.29 is 4.74 Å². The van der Waals surface area contributed by atoms with Crippen LogP contribution in [0.3, 0.4) is 0 Å². The second kappa shape index (κ2) is 4.51. The molecule has 1 aliphatic heterocycles. The first kappa shape index (κ1) is 10.9. The molecular weight excluding hydrogens is 237 g/mol. The summed E-state index contributed by atoms with van der Waals surface area (Å²) in [6.45, 7) is 2.79. The number of aromatic nitrogens is 2. The lowest BCUT2D eigenvalue weighted by Crippen LogP contribution is -2.26. The molecule has 1 fully saturated rings. The Morgan fingerprint density at radius 3 is 2.93 bits per heavy atom. The summed E-state index contributed by atoms with van der Waals surface area (Å²) >= 11 is 11.6. The maximum Gasteiger partial charge on any atom is 0.174 e. The predicted octanol–water partition coefficient (Wildman–Crippen LogP) is 2.37. The number of ether oxygens (including phenoxy) is 1. The molecule has 4 nitrogen and oxygen atoms in total. The van der Waals surface area contributed by atoms with Gasteiger partial charge in [-0.3, -0.25) is 0 Å². The smallest absolute Gasteiger partial charge is 0.174 e. The van der Waals surface area contributed by atoms with Crippen molar-refractivity contribution in [2.24, 2.45) is 0 Å². The molecule has 0 aliphatic carbocycles. The summed E-state index contributed by atoms with van der Waals surface area (Å²) in [6.07, 6.45) is 1.13. The minimum absolute atomic E-state index is 0.174. The van der Waals surface area contributed by atoms with E-state index in [9.17, 15) is 0 Å². The van der Waals surface area contributed by atoms with Crippen LogP contribution < -0.4 is 5.32 Å². The van der Waals surface area contributed by atoms with Gasteiger partial charge in [0.05, 0.1) is 17.8 Å². The van der Waals surface area contributed by atoms with Crippen molar-refractivity contribution in [2.45, 2.75) is 25.5 Å². The highest BCUT2D eigenvalue weighted by Gasteiger charge is 2.24. The summed E-state index contributed by atoms with van der Waals surface area (Å²) in [7, 11) is 0. The highest BCUT2D eigenvalue weighted by atomic mass is 35.5. The van der Waals surface area contributed by atoms with Crippen LogP contribution in [0.15, 0.2) is 6.07 Å². The Bertz CT molecular complexity index is 361. The lowest BCUT2D eigenvalue weighted by atomic mass is 10.1. The SMILES string of the molecule is CC1OCCC1Nc1cc(Cl)nnc1Cl. The van der Waals surface area contributed by atoms with E-state index in [4.69, 9.17) is 27.9 Å². The van der Waals surface area contributed by atoms with Gasteiger partial charge < -0.3 is 10.1 Å². The van der Waals surface area contributed by atoms with Crippen molar-refractivity contribution in [2.75, 3.05) is 11.9 Å². The summed E-state index contributed by atoms with van der Waals surface area (Å²) in [5, 5.41) is 11.3. The molecule has 0 amide bonds. The van der Waals surface area contributed by atoms with Gasteiger partial charge in [-0.1, -0.05) is 23.2 Å². The van der Waals surface area contributed by atoms with Gasteiger partial charge in [0.25, 0.3) is 0 Å². The van der Waals surface area contributed by atoms with Crippen LogP contribution in [-0.2, 0) is 4.74 Å². The fourth-order valence-corrected chi connectivity index (χ4v) is 1.87. The zero-order chi connectivity index (χ0) is 10.8. The van der Waals surface area contributed by atoms with E-state index in [1.807, 2.05) is 6.92 Å². The van der Waals surface area contributed by atoms with Crippen LogP contribution in [0.1, 0.15) is 13.3 Å². The third-order valence-corrected chi connectivity index (χ3v) is 2.90. The fourth-order valence-electron chi connectivity index (χ4n) is 1.58. The highest BCUT2D eigenvalue weighted by Crippen LogP contribution is 2.25. The van der Waals surface area contributed by atoms with Crippen LogP contribution in [0.25, 0.3) is 0 Å². The average molecular weight is 248 g/mol. The second-order valence-corrected chi connectivity index (χ2v) is 4.23. The van der Waals surface area contributed by atoms with Crippen LogP contribution in [0, 0.1) is 0 Å². The Balaban J connectivity index is 2.12. The number of halogens is 2. The molecule has 1 N–H and O–H groups in total. The number of nitrogens with one attached hydrogen (secondary N) is 1. The first-order chi connectivity index (χ1) is 7.16. The number of hydrogen-bond donors (Lipinski definition) is 1. The van der Waals surface area contributed by atoms with Gasteiger partial charge in [0, 0.05) is 12.7 Å².